The molecule has 1 aromatic heterocycles. The first kappa shape index (κ1) is 22.7. The number of rotatable bonds is 7. The van der Waals surface area contributed by atoms with E-state index in [-0.39, 0.29) is 30.4 Å². The third-order valence-electron chi connectivity index (χ3n) is 6.84. The van der Waals surface area contributed by atoms with Crippen LogP contribution in [0.15, 0.2) is 60.0 Å². The number of hydrogen-bond acceptors (Lipinski definition) is 4. The second kappa shape index (κ2) is 9.63. The van der Waals surface area contributed by atoms with Crippen LogP contribution in [0.3, 0.4) is 0 Å². The van der Waals surface area contributed by atoms with Crippen LogP contribution >= 0.6 is 11.3 Å². The van der Waals surface area contributed by atoms with E-state index in [0.717, 1.165) is 36.1 Å². The molecule has 3 aromatic rings. The van der Waals surface area contributed by atoms with Gasteiger partial charge in [0, 0.05) is 23.0 Å². The van der Waals surface area contributed by atoms with Gasteiger partial charge in [0.25, 0.3) is 5.91 Å². The number of fused-ring (bicyclic) bond motifs is 1. The van der Waals surface area contributed by atoms with Crippen molar-refractivity contribution in [1.29, 1.82) is 0 Å². The van der Waals surface area contributed by atoms with Gasteiger partial charge in [-0.05, 0) is 73.4 Å². The molecule has 2 aliphatic rings. The van der Waals surface area contributed by atoms with E-state index in [9.17, 15) is 9.59 Å². The number of para-hydroxylation sites is 1. The molecule has 6 heteroatoms. The molecule has 176 valence electrons. The lowest BCUT2D eigenvalue weighted by Gasteiger charge is -2.37. The van der Waals surface area contributed by atoms with Crippen LogP contribution < -0.4 is 4.74 Å². The first-order valence-electron chi connectivity index (χ1n) is 11.9. The minimum absolute atomic E-state index is 0.0101. The fraction of sp³-hybridized carbons (Fsp3) is 0.357. The quantitative estimate of drug-likeness (QED) is 0.474. The molecule has 34 heavy (non-hydrogen) atoms. The van der Waals surface area contributed by atoms with Crippen LogP contribution in [0.5, 0.6) is 5.75 Å². The topological polar surface area (TPSA) is 49.9 Å². The van der Waals surface area contributed by atoms with Crippen molar-refractivity contribution >= 4 is 23.2 Å². The van der Waals surface area contributed by atoms with E-state index in [0.29, 0.717) is 18.7 Å². The summed E-state index contributed by atoms with van der Waals surface area (Å²) < 4.78 is 6.21. The second-order valence-electron chi connectivity index (χ2n) is 9.21. The Hall–Kier alpha value is -3.12. The molecule has 2 heterocycles. The van der Waals surface area contributed by atoms with E-state index in [2.05, 4.69) is 11.4 Å². The molecule has 1 saturated carbocycles. The number of nitrogens with zero attached hydrogens (tertiary/aromatic N) is 2. The molecule has 0 N–H and O–H groups in total. The van der Waals surface area contributed by atoms with Gasteiger partial charge in [0.1, 0.15) is 18.9 Å². The smallest absolute Gasteiger partial charge is 0.254 e. The van der Waals surface area contributed by atoms with E-state index in [1.807, 2.05) is 67.3 Å². The van der Waals surface area contributed by atoms with Gasteiger partial charge >= 0.3 is 0 Å². The highest BCUT2D eigenvalue weighted by Crippen LogP contribution is 2.35. The molecule has 2 aromatic carbocycles. The van der Waals surface area contributed by atoms with Crippen molar-refractivity contribution in [2.75, 3.05) is 19.7 Å². The minimum Gasteiger partial charge on any atom is -0.491 e. The first-order valence-corrected chi connectivity index (χ1v) is 12.8. The van der Waals surface area contributed by atoms with E-state index in [4.69, 9.17) is 4.74 Å². The number of aryl methyl sites for hydroxylation is 2. The molecule has 5 nitrogen and oxygen atoms in total. The number of thiophene rings is 1. The Kier molecular flexibility index (Phi) is 6.42. The number of benzene rings is 2. The van der Waals surface area contributed by atoms with E-state index < -0.39 is 0 Å². The van der Waals surface area contributed by atoms with Gasteiger partial charge in [-0.2, -0.15) is 0 Å². The summed E-state index contributed by atoms with van der Waals surface area (Å²) in [5, 5.41) is 2.09. The molecule has 1 aliphatic carbocycles. The van der Waals surface area contributed by atoms with E-state index >= 15 is 0 Å². The lowest BCUT2D eigenvalue weighted by atomic mass is 10.00. The third kappa shape index (κ3) is 4.60. The van der Waals surface area contributed by atoms with Gasteiger partial charge in [-0.15, -0.1) is 11.3 Å². The van der Waals surface area contributed by atoms with Crippen molar-refractivity contribution in [3.8, 4) is 5.75 Å². The molecule has 0 saturated heterocycles. The van der Waals surface area contributed by atoms with Crippen LogP contribution in [-0.4, -0.2) is 47.4 Å². The summed E-state index contributed by atoms with van der Waals surface area (Å²) in [4.78, 5) is 32.1. The van der Waals surface area contributed by atoms with Crippen molar-refractivity contribution in [2.45, 2.75) is 45.2 Å². The monoisotopic (exact) mass is 474 g/mol. The van der Waals surface area contributed by atoms with Crippen LogP contribution in [0.25, 0.3) is 0 Å². The van der Waals surface area contributed by atoms with Crippen molar-refractivity contribution in [3.05, 3.63) is 87.1 Å². The van der Waals surface area contributed by atoms with Gasteiger partial charge in [-0.3, -0.25) is 9.59 Å². The molecule has 5 rings (SSSR count). The van der Waals surface area contributed by atoms with Crippen LogP contribution in [0.2, 0.25) is 0 Å². The van der Waals surface area contributed by atoms with Gasteiger partial charge in [-0.25, -0.2) is 0 Å². The Morgan fingerprint density at radius 3 is 2.50 bits per heavy atom. The third-order valence-corrected chi connectivity index (χ3v) is 7.83. The van der Waals surface area contributed by atoms with Gasteiger partial charge in [-0.1, -0.05) is 36.4 Å². The number of carbonyl (C=O) groups excluding carboxylic acids is 2. The number of ether oxygens (including phenoxy) is 1. The summed E-state index contributed by atoms with van der Waals surface area (Å²) in [5.41, 5.74) is 3.86. The van der Waals surface area contributed by atoms with Crippen LogP contribution in [-0.2, 0) is 11.2 Å². The van der Waals surface area contributed by atoms with E-state index in [1.54, 1.807) is 16.2 Å². The van der Waals surface area contributed by atoms with Crippen LogP contribution in [0.1, 0.15) is 50.8 Å². The predicted octanol–water partition coefficient (Wildman–Crippen LogP) is 5.17. The minimum atomic E-state index is -0.156. The average Bonchev–Trinajstić information content (AvgIpc) is 3.57. The Morgan fingerprint density at radius 1 is 1.03 bits per heavy atom. The van der Waals surface area contributed by atoms with E-state index in [1.165, 1.54) is 10.4 Å². The highest BCUT2D eigenvalue weighted by molar-refractivity contribution is 7.10. The van der Waals surface area contributed by atoms with Crippen molar-refractivity contribution in [2.24, 2.45) is 0 Å². The van der Waals surface area contributed by atoms with Crippen LogP contribution in [0, 0.1) is 13.8 Å². The SMILES string of the molecule is Cc1ccccc1OC[C@H]1c2ccsc2CCN1C(=O)CN(C(=O)c1ccccc1C)C1CC1. The summed E-state index contributed by atoms with van der Waals surface area (Å²) in [5.74, 6) is 0.783. The maximum Gasteiger partial charge on any atom is 0.254 e. The maximum absolute atomic E-state index is 13.7. The highest BCUT2D eigenvalue weighted by Gasteiger charge is 2.38. The molecule has 1 atom stereocenters. The van der Waals surface area contributed by atoms with Crippen molar-refractivity contribution in [1.82, 2.24) is 9.80 Å². The Bertz CT molecular complexity index is 1200. The van der Waals surface area contributed by atoms with Gasteiger partial charge in [0.05, 0.1) is 6.04 Å². The van der Waals surface area contributed by atoms with Crippen molar-refractivity contribution < 1.29 is 14.3 Å². The van der Waals surface area contributed by atoms with Gasteiger partial charge < -0.3 is 14.5 Å². The maximum atomic E-state index is 13.7. The van der Waals surface area contributed by atoms with Crippen LogP contribution in [0.4, 0.5) is 0 Å². The Morgan fingerprint density at radius 2 is 1.76 bits per heavy atom. The summed E-state index contributed by atoms with van der Waals surface area (Å²) in [6.07, 6.45) is 2.76. The first-order chi connectivity index (χ1) is 16.5. The molecular weight excluding hydrogens is 444 g/mol. The summed E-state index contributed by atoms with van der Waals surface area (Å²) >= 11 is 1.74. The average molecular weight is 475 g/mol. The molecule has 1 aliphatic heterocycles. The molecule has 0 spiro atoms. The standard InChI is InChI=1S/C28H30N2O3S/c1-19-7-3-5-9-22(19)28(32)30(21-11-12-21)17-27(31)29-15-13-26-23(14-16-34-26)24(29)18-33-25-10-6-4-8-20(25)2/h3-10,14,16,21,24H,11-13,15,17-18H2,1-2H3/t24-/m0/s1. The van der Waals surface area contributed by atoms with Gasteiger partial charge in [0.2, 0.25) is 5.91 Å². The lowest BCUT2D eigenvalue weighted by Crippen LogP contribution is -2.48. The Balaban J connectivity index is 1.36. The highest BCUT2D eigenvalue weighted by atomic mass is 32.1. The predicted molar refractivity (Wildman–Crippen MR) is 134 cm³/mol. The largest absolute Gasteiger partial charge is 0.491 e. The molecule has 0 bridgehead atoms. The summed E-state index contributed by atoms with van der Waals surface area (Å²) in [6, 6.07) is 17.7. The fourth-order valence-electron chi connectivity index (χ4n) is 4.72. The molecule has 1 fully saturated rings. The fourth-order valence-corrected chi connectivity index (χ4v) is 5.65. The molecule has 0 unspecified atom stereocenters. The molecule has 2 amide bonds. The van der Waals surface area contributed by atoms with Gasteiger partial charge in [0.15, 0.2) is 0 Å². The summed E-state index contributed by atoms with van der Waals surface area (Å²) in [6.45, 7) is 5.13. The number of carbonyl (C=O) groups is 2. The molecule has 0 radical (unpaired) electrons. The zero-order valence-corrected chi connectivity index (χ0v) is 20.5. The number of hydrogen-bond donors (Lipinski definition) is 0. The second-order valence-corrected chi connectivity index (χ2v) is 10.2. The zero-order valence-electron chi connectivity index (χ0n) is 19.7. The van der Waals surface area contributed by atoms with Crippen molar-refractivity contribution in [3.63, 3.8) is 0 Å². The Labute approximate surface area is 205 Å². The normalized spacial score (nSPS) is 17.2. The lowest BCUT2D eigenvalue weighted by molar-refractivity contribution is -0.135. The zero-order chi connectivity index (χ0) is 23.7. The summed E-state index contributed by atoms with van der Waals surface area (Å²) in [7, 11) is 0. The molecular formula is C28H30N2O3S. The number of amides is 2.